The number of anilines is 1. The smallest absolute Gasteiger partial charge is 0.161 e. The second-order valence-electron chi connectivity index (χ2n) is 6.00. The summed E-state index contributed by atoms with van der Waals surface area (Å²) in [4.78, 5) is 9.42. The van der Waals surface area contributed by atoms with Crippen molar-refractivity contribution >= 4 is 5.82 Å². The number of methoxy groups -OCH3 is 1. The van der Waals surface area contributed by atoms with Crippen LogP contribution in [0.2, 0.25) is 0 Å². The predicted molar refractivity (Wildman–Crippen MR) is 93.0 cm³/mol. The minimum Gasteiger partial charge on any atom is -0.497 e. The van der Waals surface area contributed by atoms with Gasteiger partial charge in [-0.15, -0.1) is 0 Å². The number of benzene rings is 1. The zero-order valence-electron chi connectivity index (χ0n) is 14.0. The van der Waals surface area contributed by atoms with Crippen LogP contribution < -0.4 is 15.4 Å². The average Bonchev–Trinajstić information content (AvgIpc) is 2.60. The van der Waals surface area contributed by atoms with Crippen molar-refractivity contribution in [3.05, 3.63) is 35.5 Å². The third-order valence-corrected chi connectivity index (χ3v) is 4.42. The Labute approximate surface area is 137 Å². The lowest BCUT2D eigenvalue weighted by molar-refractivity contribution is 0.415. The lowest BCUT2D eigenvalue weighted by Gasteiger charge is -2.25. The van der Waals surface area contributed by atoms with Crippen LogP contribution in [0.5, 0.6) is 5.75 Å². The highest BCUT2D eigenvalue weighted by Crippen LogP contribution is 2.24. The summed E-state index contributed by atoms with van der Waals surface area (Å²) in [6, 6.07) is 8.35. The van der Waals surface area contributed by atoms with Crippen LogP contribution in [0.25, 0.3) is 11.4 Å². The molecule has 0 atom stereocenters. The van der Waals surface area contributed by atoms with Crippen molar-refractivity contribution in [1.29, 1.82) is 0 Å². The van der Waals surface area contributed by atoms with Gasteiger partial charge in [-0.05, 0) is 64.0 Å². The van der Waals surface area contributed by atoms with Gasteiger partial charge in [-0.25, -0.2) is 9.97 Å². The van der Waals surface area contributed by atoms with E-state index >= 15 is 0 Å². The Morgan fingerprint density at radius 3 is 2.43 bits per heavy atom. The van der Waals surface area contributed by atoms with Crippen LogP contribution in [-0.4, -0.2) is 36.2 Å². The van der Waals surface area contributed by atoms with Crippen molar-refractivity contribution in [3.63, 3.8) is 0 Å². The lowest BCUT2D eigenvalue weighted by atomic mass is 10.1. The highest BCUT2D eigenvalue weighted by Gasteiger charge is 2.16. The van der Waals surface area contributed by atoms with Crippen molar-refractivity contribution in [2.24, 2.45) is 0 Å². The van der Waals surface area contributed by atoms with Gasteiger partial charge in [-0.2, -0.15) is 0 Å². The van der Waals surface area contributed by atoms with Crippen molar-refractivity contribution in [2.45, 2.75) is 32.7 Å². The van der Waals surface area contributed by atoms with E-state index in [-0.39, 0.29) is 0 Å². The summed E-state index contributed by atoms with van der Waals surface area (Å²) in [7, 11) is 1.67. The first-order valence-electron chi connectivity index (χ1n) is 8.14. The molecule has 2 aromatic rings. The Hall–Kier alpha value is -2.14. The van der Waals surface area contributed by atoms with E-state index in [1.807, 2.05) is 31.2 Å². The maximum absolute atomic E-state index is 5.21. The number of piperidine rings is 1. The number of hydrogen-bond acceptors (Lipinski definition) is 5. The van der Waals surface area contributed by atoms with Gasteiger partial charge in [-0.3, -0.25) is 0 Å². The summed E-state index contributed by atoms with van der Waals surface area (Å²) in [6.07, 6.45) is 2.25. The van der Waals surface area contributed by atoms with Crippen LogP contribution in [-0.2, 0) is 0 Å². The highest BCUT2D eigenvalue weighted by molar-refractivity contribution is 5.60. The lowest BCUT2D eigenvalue weighted by Crippen LogP contribution is -2.35. The Kier molecular flexibility index (Phi) is 4.76. The number of nitrogens with zero attached hydrogens (tertiary/aromatic N) is 2. The van der Waals surface area contributed by atoms with Crippen LogP contribution in [0.1, 0.15) is 24.1 Å². The first-order chi connectivity index (χ1) is 11.2. The molecule has 122 valence electrons. The third-order valence-electron chi connectivity index (χ3n) is 4.42. The highest BCUT2D eigenvalue weighted by atomic mass is 16.5. The fourth-order valence-electron chi connectivity index (χ4n) is 2.80. The van der Waals surface area contributed by atoms with Gasteiger partial charge in [-0.1, -0.05) is 0 Å². The number of ether oxygens (including phenoxy) is 1. The average molecular weight is 312 g/mol. The molecule has 2 N–H and O–H groups in total. The summed E-state index contributed by atoms with van der Waals surface area (Å²) in [5.74, 6) is 2.55. The maximum atomic E-state index is 5.21. The van der Waals surface area contributed by atoms with Crippen LogP contribution in [0, 0.1) is 13.8 Å². The molecule has 23 heavy (non-hydrogen) atoms. The van der Waals surface area contributed by atoms with Crippen molar-refractivity contribution in [1.82, 2.24) is 15.3 Å². The molecular weight excluding hydrogens is 288 g/mol. The van der Waals surface area contributed by atoms with E-state index in [0.717, 1.165) is 60.1 Å². The summed E-state index contributed by atoms with van der Waals surface area (Å²) in [5, 5.41) is 7.00. The minimum atomic E-state index is 0.480. The number of rotatable bonds is 4. The number of nitrogens with one attached hydrogen (secondary N) is 2. The van der Waals surface area contributed by atoms with Crippen LogP contribution >= 0.6 is 0 Å². The molecule has 0 bridgehead atoms. The number of aromatic nitrogens is 2. The molecular formula is C18H24N4O. The molecule has 0 unspecified atom stereocenters. The first-order valence-corrected chi connectivity index (χ1v) is 8.14. The van der Waals surface area contributed by atoms with Crippen molar-refractivity contribution in [2.75, 3.05) is 25.5 Å². The van der Waals surface area contributed by atoms with Gasteiger partial charge >= 0.3 is 0 Å². The van der Waals surface area contributed by atoms with Crippen LogP contribution in [0.3, 0.4) is 0 Å². The van der Waals surface area contributed by atoms with Gasteiger partial charge in [0.25, 0.3) is 0 Å². The monoisotopic (exact) mass is 312 g/mol. The van der Waals surface area contributed by atoms with Crippen LogP contribution in [0.4, 0.5) is 5.82 Å². The van der Waals surface area contributed by atoms with Gasteiger partial charge in [0.1, 0.15) is 11.6 Å². The van der Waals surface area contributed by atoms with Crippen LogP contribution in [0.15, 0.2) is 24.3 Å². The fraction of sp³-hybridized carbons (Fsp3) is 0.444. The fourth-order valence-corrected chi connectivity index (χ4v) is 2.80. The molecule has 1 saturated heterocycles. The predicted octanol–water partition coefficient (Wildman–Crippen LogP) is 2.93. The van der Waals surface area contributed by atoms with Crippen molar-refractivity contribution in [3.8, 4) is 17.1 Å². The molecule has 1 aromatic heterocycles. The Morgan fingerprint density at radius 1 is 1.09 bits per heavy atom. The molecule has 2 heterocycles. The second kappa shape index (κ2) is 6.96. The Balaban J connectivity index is 1.88. The van der Waals surface area contributed by atoms with Gasteiger partial charge in [0, 0.05) is 22.9 Å². The Bertz CT molecular complexity index is 663. The molecule has 0 spiro atoms. The van der Waals surface area contributed by atoms with Gasteiger partial charge in [0.05, 0.1) is 7.11 Å². The summed E-state index contributed by atoms with van der Waals surface area (Å²) in [6.45, 7) is 6.24. The SMILES string of the molecule is COc1ccc(-c2nc(C)c(C)c(NC3CCNCC3)n2)cc1. The number of hydrogen-bond donors (Lipinski definition) is 2. The van der Waals surface area contributed by atoms with Gasteiger partial charge < -0.3 is 15.4 Å². The molecule has 0 radical (unpaired) electrons. The van der Waals surface area contributed by atoms with Gasteiger partial charge in [0.2, 0.25) is 0 Å². The van der Waals surface area contributed by atoms with E-state index in [1.165, 1.54) is 0 Å². The quantitative estimate of drug-likeness (QED) is 0.909. The summed E-state index contributed by atoms with van der Waals surface area (Å²) < 4.78 is 5.21. The normalized spacial score (nSPS) is 15.4. The molecule has 3 rings (SSSR count). The molecule has 1 fully saturated rings. The van der Waals surface area contributed by atoms with E-state index in [4.69, 9.17) is 9.72 Å². The Morgan fingerprint density at radius 2 is 1.78 bits per heavy atom. The zero-order chi connectivity index (χ0) is 16.2. The molecule has 1 aliphatic heterocycles. The van der Waals surface area contributed by atoms with Gasteiger partial charge in [0.15, 0.2) is 5.82 Å². The van der Waals surface area contributed by atoms with E-state index < -0.39 is 0 Å². The third kappa shape index (κ3) is 3.62. The van der Waals surface area contributed by atoms with Crippen molar-refractivity contribution < 1.29 is 4.74 Å². The number of aryl methyl sites for hydroxylation is 1. The molecule has 1 aliphatic rings. The molecule has 0 aliphatic carbocycles. The largest absolute Gasteiger partial charge is 0.497 e. The second-order valence-corrected chi connectivity index (χ2v) is 6.00. The first kappa shape index (κ1) is 15.7. The summed E-state index contributed by atoms with van der Waals surface area (Å²) >= 11 is 0. The van der Waals surface area contributed by atoms with E-state index in [1.54, 1.807) is 7.11 Å². The van der Waals surface area contributed by atoms with E-state index in [9.17, 15) is 0 Å². The standard InChI is InChI=1S/C18H24N4O/c1-12-13(2)20-18(14-4-6-16(23-3)7-5-14)22-17(12)21-15-8-10-19-11-9-15/h4-7,15,19H,8-11H2,1-3H3,(H,20,21,22). The molecule has 0 amide bonds. The topological polar surface area (TPSA) is 59.1 Å². The molecule has 5 nitrogen and oxygen atoms in total. The van der Waals surface area contributed by atoms with E-state index in [0.29, 0.717) is 6.04 Å². The minimum absolute atomic E-state index is 0.480. The maximum Gasteiger partial charge on any atom is 0.161 e. The molecule has 0 saturated carbocycles. The zero-order valence-corrected chi connectivity index (χ0v) is 14.0. The molecule has 1 aromatic carbocycles. The molecule has 5 heteroatoms. The van der Waals surface area contributed by atoms with E-state index in [2.05, 4.69) is 22.5 Å². The summed E-state index contributed by atoms with van der Waals surface area (Å²) in [5.41, 5.74) is 3.14.